The maximum Gasteiger partial charge on any atom is 0.246 e. The third kappa shape index (κ3) is 3.30. The molecule has 1 rings (SSSR count). The molecular weight excluding hydrogens is 286 g/mol. The fourth-order valence-electron chi connectivity index (χ4n) is 1.44. The third-order valence-electron chi connectivity index (χ3n) is 2.43. The van der Waals surface area contributed by atoms with Crippen molar-refractivity contribution in [2.75, 3.05) is 7.11 Å². The molecule has 0 aliphatic carbocycles. The molecule has 0 aliphatic heterocycles. The van der Waals surface area contributed by atoms with Gasteiger partial charge in [0.05, 0.1) is 12.0 Å². The van der Waals surface area contributed by atoms with Crippen LogP contribution in [-0.4, -0.2) is 12.0 Å². The van der Waals surface area contributed by atoms with Crippen molar-refractivity contribution in [3.05, 3.63) is 43.5 Å². The average molecular weight is 300 g/mol. The fraction of sp³-hybridized carbons (Fsp3) is 0.333. The lowest BCUT2D eigenvalue weighted by atomic mass is 10.1. The second kappa shape index (κ2) is 5.82. The quantitative estimate of drug-likeness (QED) is 0.628. The van der Waals surface area contributed by atoms with Gasteiger partial charge in [-0.15, -0.1) is 0 Å². The van der Waals surface area contributed by atoms with E-state index in [2.05, 4.69) is 15.9 Å². The number of aryl methyl sites for hydroxylation is 1. The Morgan fingerprint density at radius 2 is 2.24 bits per heavy atom. The molecular formula is C12H14BrNO3. The highest BCUT2D eigenvalue weighted by Crippen LogP contribution is 2.29. The van der Waals surface area contributed by atoms with Crippen LogP contribution >= 0.6 is 15.9 Å². The van der Waals surface area contributed by atoms with Crippen LogP contribution in [0.2, 0.25) is 0 Å². The highest BCUT2D eigenvalue weighted by atomic mass is 79.9. The smallest absolute Gasteiger partial charge is 0.246 e. The molecule has 1 aromatic rings. The van der Waals surface area contributed by atoms with Crippen LogP contribution < -0.4 is 4.74 Å². The Bertz CT molecular complexity index is 469. The van der Waals surface area contributed by atoms with Crippen LogP contribution in [0.4, 0.5) is 0 Å². The molecule has 0 saturated carbocycles. The van der Waals surface area contributed by atoms with E-state index in [1.807, 2.05) is 19.1 Å². The van der Waals surface area contributed by atoms with Gasteiger partial charge in [0.25, 0.3) is 0 Å². The zero-order chi connectivity index (χ0) is 13.0. The molecule has 0 unspecified atom stereocenters. The van der Waals surface area contributed by atoms with Gasteiger partial charge in [0.2, 0.25) is 5.70 Å². The first-order chi connectivity index (χ1) is 7.99. The van der Waals surface area contributed by atoms with Crippen molar-refractivity contribution in [1.29, 1.82) is 0 Å². The number of hydrogen-bond donors (Lipinski definition) is 0. The van der Waals surface area contributed by atoms with E-state index in [0.29, 0.717) is 12.2 Å². The van der Waals surface area contributed by atoms with Crippen LogP contribution in [0.5, 0.6) is 5.75 Å². The molecule has 92 valence electrons. The summed E-state index contributed by atoms with van der Waals surface area (Å²) < 4.78 is 6.13. The van der Waals surface area contributed by atoms with Crippen molar-refractivity contribution in [3.8, 4) is 5.75 Å². The monoisotopic (exact) mass is 299 g/mol. The Hall–Kier alpha value is -1.36. The average Bonchev–Trinajstić information content (AvgIpc) is 2.29. The standard InChI is InChI=1S/C12H14BrNO3/c1-4-10(14(15)16)6-9-5-8(2)11(13)7-12(9)17-3/h5-7H,4H2,1-3H3/b10-6+. The van der Waals surface area contributed by atoms with Crippen LogP contribution in [0, 0.1) is 17.0 Å². The molecule has 0 atom stereocenters. The molecule has 0 radical (unpaired) electrons. The Morgan fingerprint density at radius 3 is 2.71 bits per heavy atom. The molecule has 0 amide bonds. The summed E-state index contributed by atoms with van der Waals surface area (Å²) in [5.74, 6) is 0.621. The highest BCUT2D eigenvalue weighted by molar-refractivity contribution is 9.10. The Morgan fingerprint density at radius 1 is 1.59 bits per heavy atom. The summed E-state index contributed by atoms with van der Waals surface area (Å²) in [5, 5.41) is 10.8. The number of benzene rings is 1. The van der Waals surface area contributed by atoms with Gasteiger partial charge in [-0.25, -0.2) is 0 Å². The minimum Gasteiger partial charge on any atom is -0.496 e. The largest absolute Gasteiger partial charge is 0.496 e. The van der Waals surface area contributed by atoms with Gasteiger partial charge in [-0.05, 0) is 24.6 Å². The van der Waals surface area contributed by atoms with Gasteiger partial charge in [0, 0.05) is 22.5 Å². The van der Waals surface area contributed by atoms with E-state index in [9.17, 15) is 10.1 Å². The number of allylic oxidation sites excluding steroid dienone is 1. The molecule has 0 N–H and O–H groups in total. The Balaban J connectivity index is 3.30. The Kier molecular flexibility index (Phi) is 4.69. The van der Waals surface area contributed by atoms with Crippen LogP contribution in [0.25, 0.3) is 6.08 Å². The first-order valence-corrected chi connectivity index (χ1v) is 5.98. The summed E-state index contributed by atoms with van der Waals surface area (Å²) in [7, 11) is 1.55. The van der Waals surface area contributed by atoms with Crippen molar-refractivity contribution < 1.29 is 9.66 Å². The van der Waals surface area contributed by atoms with Crippen molar-refractivity contribution in [2.45, 2.75) is 20.3 Å². The molecule has 0 aliphatic rings. The fourth-order valence-corrected chi connectivity index (χ4v) is 1.76. The molecule has 0 saturated heterocycles. The van der Waals surface area contributed by atoms with Crippen LogP contribution in [0.1, 0.15) is 24.5 Å². The molecule has 4 nitrogen and oxygen atoms in total. The highest BCUT2D eigenvalue weighted by Gasteiger charge is 2.11. The summed E-state index contributed by atoms with van der Waals surface area (Å²) in [5.41, 5.74) is 1.91. The first kappa shape index (κ1) is 13.7. The SMILES string of the molecule is CC/C(=C\c1cc(C)c(Br)cc1OC)[N+](=O)[O-]. The van der Waals surface area contributed by atoms with Gasteiger partial charge in [0.15, 0.2) is 0 Å². The lowest BCUT2D eigenvalue weighted by molar-refractivity contribution is -0.425. The van der Waals surface area contributed by atoms with E-state index in [1.54, 1.807) is 20.1 Å². The number of ether oxygens (including phenoxy) is 1. The van der Waals surface area contributed by atoms with Gasteiger partial charge in [-0.1, -0.05) is 22.9 Å². The van der Waals surface area contributed by atoms with E-state index in [1.165, 1.54) is 0 Å². The normalized spacial score (nSPS) is 11.4. The molecule has 17 heavy (non-hydrogen) atoms. The first-order valence-electron chi connectivity index (χ1n) is 5.18. The lowest BCUT2D eigenvalue weighted by Gasteiger charge is -2.08. The van der Waals surface area contributed by atoms with E-state index < -0.39 is 0 Å². The summed E-state index contributed by atoms with van der Waals surface area (Å²) in [4.78, 5) is 10.4. The topological polar surface area (TPSA) is 52.4 Å². The number of halogens is 1. The zero-order valence-electron chi connectivity index (χ0n) is 9.99. The van der Waals surface area contributed by atoms with Gasteiger partial charge in [0.1, 0.15) is 5.75 Å². The second-order valence-corrected chi connectivity index (χ2v) is 4.44. The summed E-state index contributed by atoms with van der Waals surface area (Å²) >= 11 is 3.40. The van der Waals surface area contributed by atoms with Crippen molar-refractivity contribution >= 4 is 22.0 Å². The van der Waals surface area contributed by atoms with Crippen LogP contribution in [0.15, 0.2) is 22.3 Å². The predicted molar refractivity (Wildman–Crippen MR) is 70.7 cm³/mol. The number of nitrogens with zero attached hydrogens (tertiary/aromatic N) is 1. The van der Waals surface area contributed by atoms with Crippen molar-refractivity contribution in [2.24, 2.45) is 0 Å². The van der Waals surface area contributed by atoms with E-state index in [4.69, 9.17) is 4.74 Å². The van der Waals surface area contributed by atoms with Crippen LogP contribution in [-0.2, 0) is 0 Å². The summed E-state index contributed by atoms with van der Waals surface area (Å²) in [6.07, 6.45) is 1.93. The minimum atomic E-state index is -0.364. The summed E-state index contributed by atoms with van der Waals surface area (Å²) in [6, 6.07) is 3.68. The minimum absolute atomic E-state index is 0.171. The van der Waals surface area contributed by atoms with Gasteiger partial charge >= 0.3 is 0 Å². The molecule has 0 heterocycles. The van der Waals surface area contributed by atoms with E-state index in [-0.39, 0.29) is 10.6 Å². The molecule has 0 aromatic heterocycles. The number of hydrogen-bond acceptors (Lipinski definition) is 3. The van der Waals surface area contributed by atoms with Crippen LogP contribution in [0.3, 0.4) is 0 Å². The van der Waals surface area contributed by atoms with E-state index in [0.717, 1.165) is 15.6 Å². The number of methoxy groups -OCH3 is 1. The van der Waals surface area contributed by atoms with Crippen molar-refractivity contribution in [1.82, 2.24) is 0 Å². The van der Waals surface area contributed by atoms with Gasteiger partial charge in [-0.2, -0.15) is 0 Å². The van der Waals surface area contributed by atoms with Gasteiger partial charge < -0.3 is 4.74 Å². The predicted octanol–water partition coefficient (Wildman–Crippen LogP) is 3.79. The maximum absolute atomic E-state index is 10.8. The molecule has 0 fully saturated rings. The number of rotatable bonds is 4. The van der Waals surface area contributed by atoms with E-state index >= 15 is 0 Å². The molecule has 5 heteroatoms. The van der Waals surface area contributed by atoms with Crippen molar-refractivity contribution in [3.63, 3.8) is 0 Å². The zero-order valence-corrected chi connectivity index (χ0v) is 11.6. The number of nitro groups is 1. The summed E-state index contributed by atoms with van der Waals surface area (Å²) in [6.45, 7) is 3.69. The molecule has 0 spiro atoms. The second-order valence-electron chi connectivity index (χ2n) is 3.59. The molecule has 0 bridgehead atoms. The Labute approximate surface area is 109 Å². The van der Waals surface area contributed by atoms with Gasteiger partial charge in [-0.3, -0.25) is 10.1 Å². The third-order valence-corrected chi connectivity index (χ3v) is 3.28. The maximum atomic E-state index is 10.8. The molecule has 1 aromatic carbocycles. The lowest BCUT2D eigenvalue weighted by Crippen LogP contribution is -1.98.